The van der Waals surface area contributed by atoms with Crippen LogP contribution in [0.5, 0.6) is 0 Å². The van der Waals surface area contributed by atoms with Crippen molar-refractivity contribution in [1.29, 1.82) is 0 Å². The molecule has 0 unspecified atom stereocenters. The highest BCUT2D eigenvalue weighted by Crippen LogP contribution is 2.30. The van der Waals surface area contributed by atoms with E-state index in [2.05, 4.69) is 59.8 Å². The fraction of sp³-hybridized carbons (Fsp3) is 0.476. The molecule has 0 amide bonds. The minimum Gasteiger partial charge on any atom is -0.295 e. The topological polar surface area (TPSA) is 17.1 Å². The minimum atomic E-state index is 0.0812. The van der Waals surface area contributed by atoms with E-state index in [1.165, 1.54) is 16.7 Å². The number of carbonyl (C=O) groups is 1. The Labute approximate surface area is 137 Å². The van der Waals surface area contributed by atoms with Crippen molar-refractivity contribution in [3.63, 3.8) is 0 Å². The molecule has 122 valence electrons. The van der Waals surface area contributed by atoms with Crippen molar-refractivity contribution in [2.24, 2.45) is 5.41 Å². The van der Waals surface area contributed by atoms with E-state index in [4.69, 9.17) is 0 Å². The molecule has 0 fully saturated rings. The van der Waals surface area contributed by atoms with E-state index < -0.39 is 0 Å². The summed E-state index contributed by atoms with van der Waals surface area (Å²) in [7, 11) is 0. The third-order valence-electron chi connectivity index (χ3n) is 3.46. The molecule has 0 saturated carbocycles. The van der Waals surface area contributed by atoms with Gasteiger partial charge in [0, 0.05) is 0 Å². The average molecular weight is 300 g/mol. The van der Waals surface area contributed by atoms with Gasteiger partial charge in [-0.1, -0.05) is 69.2 Å². The van der Waals surface area contributed by atoms with E-state index in [1.54, 1.807) is 13.0 Å². The summed E-state index contributed by atoms with van der Waals surface area (Å²) in [5.41, 5.74) is 5.16. The van der Waals surface area contributed by atoms with Gasteiger partial charge in [0.15, 0.2) is 5.78 Å². The zero-order valence-corrected chi connectivity index (χ0v) is 15.6. The fourth-order valence-corrected chi connectivity index (χ4v) is 2.21. The van der Waals surface area contributed by atoms with Crippen molar-refractivity contribution < 1.29 is 4.79 Å². The van der Waals surface area contributed by atoms with Gasteiger partial charge in [0.2, 0.25) is 0 Å². The second-order valence-electron chi connectivity index (χ2n) is 6.90. The molecule has 0 aliphatic heterocycles. The Hall–Kier alpha value is -1.63. The van der Waals surface area contributed by atoms with Crippen LogP contribution in [0.3, 0.4) is 0 Å². The van der Waals surface area contributed by atoms with Gasteiger partial charge in [0.25, 0.3) is 0 Å². The van der Waals surface area contributed by atoms with Crippen LogP contribution in [0.4, 0.5) is 0 Å². The molecule has 22 heavy (non-hydrogen) atoms. The highest BCUT2D eigenvalue weighted by atomic mass is 16.1. The smallest absolute Gasteiger partial charge is 0.152 e. The molecule has 0 saturated heterocycles. The monoisotopic (exact) mass is 300 g/mol. The molecule has 0 rings (SSSR count). The van der Waals surface area contributed by atoms with Crippen LogP contribution in [0.15, 0.2) is 58.7 Å². The minimum absolute atomic E-state index is 0.0812. The molecule has 0 aromatic rings. The van der Waals surface area contributed by atoms with Crippen LogP contribution in [0.25, 0.3) is 0 Å². The lowest BCUT2D eigenvalue weighted by Crippen LogP contribution is -2.09. The van der Waals surface area contributed by atoms with Gasteiger partial charge in [-0.3, -0.25) is 4.79 Å². The van der Waals surface area contributed by atoms with Gasteiger partial charge in [-0.25, -0.2) is 0 Å². The standard InChI is InChI=1S/C21H32O/c1-9-18(4)20(21(6,7)8)14-13-16(2)11-10-12-17(3)15-19(5)22/h10-15H,9H2,1-8H3/b12-10+,14-13+,16-11+,17-15+,20-18-. The van der Waals surface area contributed by atoms with E-state index in [-0.39, 0.29) is 11.2 Å². The van der Waals surface area contributed by atoms with Gasteiger partial charge in [-0.15, -0.1) is 0 Å². The molecule has 0 aromatic carbocycles. The van der Waals surface area contributed by atoms with Crippen LogP contribution in [0.2, 0.25) is 0 Å². The Morgan fingerprint density at radius 3 is 1.95 bits per heavy atom. The van der Waals surface area contributed by atoms with Gasteiger partial charge in [-0.05, 0) is 56.8 Å². The number of carbonyl (C=O) groups excluding carboxylic acids is 1. The summed E-state index contributed by atoms with van der Waals surface area (Å²) >= 11 is 0. The molecule has 1 nitrogen and oxygen atoms in total. The quantitative estimate of drug-likeness (QED) is 0.412. The Bertz CT molecular complexity index is 529. The Morgan fingerprint density at radius 2 is 1.50 bits per heavy atom. The molecule has 0 radical (unpaired) electrons. The summed E-state index contributed by atoms with van der Waals surface area (Å²) in [5.74, 6) is 0.0812. The predicted octanol–water partition coefficient (Wildman–Crippen LogP) is 6.35. The van der Waals surface area contributed by atoms with Crippen molar-refractivity contribution in [1.82, 2.24) is 0 Å². The Morgan fingerprint density at radius 1 is 0.909 bits per heavy atom. The molecule has 0 atom stereocenters. The maximum atomic E-state index is 11.0. The number of ketones is 1. The molecule has 0 heterocycles. The van der Waals surface area contributed by atoms with Gasteiger partial charge in [0.05, 0.1) is 0 Å². The lowest BCUT2D eigenvalue weighted by atomic mass is 9.82. The van der Waals surface area contributed by atoms with Gasteiger partial charge in [0.1, 0.15) is 0 Å². The van der Waals surface area contributed by atoms with Crippen molar-refractivity contribution in [2.75, 3.05) is 0 Å². The summed E-state index contributed by atoms with van der Waals surface area (Å²) in [6.07, 6.45) is 13.1. The first kappa shape index (κ1) is 20.4. The molecule has 1 heteroatoms. The number of allylic oxidation sites excluding steroid dienone is 10. The van der Waals surface area contributed by atoms with E-state index in [9.17, 15) is 4.79 Å². The maximum absolute atomic E-state index is 11.0. The first-order valence-corrected chi connectivity index (χ1v) is 8.00. The second kappa shape index (κ2) is 9.40. The summed E-state index contributed by atoms with van der Waals surface area (Å²) in [6.45, 7) is 16.7. The van der Waals surface area contributed by atoms with Crippen LogP contribution >= 0.6 is 0 Å². The molecule has 0 bridgehead atoms. The largest absolute Gasteiger partial charge is 0.295 e. The lowest BCUT2D eigenvalue weighted by molar-refractivity contribution is -0.112. The first-order valence-electron chi connectivity index (χ1n) is 8.00. The fourth-order valence-electron chi connectivity index (χ4n) is 2.21. The van der Waals surface area contributed by atoms with Crippen molar-refractivity contribution in [3.05, 3.63) is 58.7 Å². The molecule has 0 aliphatic rings. The van der Waals surface area contributed by atoms with Crippen LogP contribution < -0.4 is 0 Å². The van der Waals surface area contributed by atoms with Crippen molar-refractivity contribution in [2.45, 2.75) is 61.8 Å². The summed E-state index contributed by atoms with van der Waals surface area (Å²) in [4.78, 5) is 11.0. The molecule has 0 aliphatic carbocycles. The summed E-state index contributed by atoms with van der Waals surface area (Å²) < 4.78 is 0. The third kappa shape index (κ3) is 8.61. The SMILES string of the molecule is CC/C(C)=C(/C=C/C(C)=C/C=C/C(C)=C/C(C)=O)C(C)(C)C. The van der Waals surface area contributed by atoms with Gasteiger partial charge < -0.3 is 0 Å². The zero-order valence-electron chi connectivity index (χ0n) is 15.6. The van der Waals surface area contributed by atoms with Gasteiger partial charge >= 0.3 is 0 Å². The highest BCUT2D eigenvalue weighted by molar-refractivity contribution is 5.88. The van der Waals surface area contributed by atoms with E-state index in [0.29, 0.717) is 0 Å². The summed E-state index contributed by atoms with van der Waals surface area (Å²) in [6, 6.07) is 0. The lowest BCUT2D eigenvalue weighted by Gasteiger charge is -2.23. The third-order valence-corrected chi connectivity index (χ3v) is 3.46. The predicted molar refractivity (Wildman–Crippen MR) is 98.9 cm³/mol. The highest BCUT2D eigenvalue weighted by Gasteiger charge is 2.16. The van der Waals surface area contributed by atoms with Gasteiger partial charge in [-0.2, -0.15) is 0 Å². The molecule has 0 spiro atoms. The average Bonchev–Trinajstić information content (AvgIpc) is 2.35. The molecular weight excluding hydrogens is 268 g/mol. The number of hydrogen-bond acceptors (Lipinski definition) is 1. The normalized spacial score (nSPS) is 15.6. The van der Waals surface area contributed by atoms with E-state index in [0.717, 1.165) is 12.0 Å². The van der Waals surface area contributed by atoms with Crippen molar-refractivity contribution in [3.8, 4) is 0 Å². The van der Waals surface area contributed by atoms with Crippen LogP contribution in [0.1, 0.15) is 61.8 Å². The number of hydrogen-bond donors (Lipinski definition) is 0. The summed E-state index contributed by atoms with van der Waals surface area (Å²) in [5, 5.41) is 0. The van der Waals surface area contributed by atoms with E-state index in [1.807, 2.05) is 19.1 Å². The maximum Gasteiger partial charge on any atom is 0.152 e. The van der Waals surface area contributed by atoms with E-state index >= 15 is 0 Å². The molecular formula is C21H32O. The Kier molecular flexibility index (Phi) is 8.70. The number of rotatable bonds is 6. The first-order chi connectivity index (χ1) is 10.1. The second-order valence-corrected chi connectivity index (χ2v) is 6.90. The zero-order chi connectivity index (χ0) is 17.3. The van der Waals surface area contributed by atoms with Crippen LogP contribution in [0, 0.1) is 5.41 Å². The molecule has 0 aromatic heterocycles. The van der Waals surface area contributed by atoms with Crippen LogP contribution in [-0.4, -0.2) is 5.78 Å². The molecule has 0 N–H and O–H groups in total. The Balaban J connectivity index is 5.11. The van der Waals surface area contributed by atoms with Crippen LogP contribution in [-0.2, 0) is 4.79 Å². The van der Waals surface area contributed by atoms with Crippen molar-refractivity contribution >= 4 is 5.78 Å².